The molecule has 5 rings (SSSR count). The van der Waals surface area contributed by atoms with Gasteiger partial charge in [0.05, 0.1) is 16.9 Å². The third-order valence-corrected chi connectivity index (χ3v) is 5.37. The van der Waals surface area contributed by atoms with Crippen molar-refractivity contribution in [3.05, 3.63) is 100 Å². The number of rotatable bonds is 4. The summed E-state index contributed by atoms with van der Waals surface area (Å²) in [5.41, 5.74) is 2.46. The van der Waals surface area contributed by atoms with Crippen LogP contribution in [0.1, 0.15) is 28.9 Å². The Morgan fingerprint density at radius 3 is 2.66 bits per heavy atom. The first-order valence-corrected chi connectivity index (χ1v) is 10.0. The molecule has 158 valence electrons. The van der Waals surface area contributed by atoms with E-state index in [4.69, 9.17) is 0 Å². The molecule has 0 radical (unpaired) electrons. The predicted octanol–water partition coefficient (Wildman–Crippen LogP) is 3.87. The molecule has 2 heterocycles. The lowest BCUT2D eigenvalue weighted by Crippen LogP contribution is -2.26. The lowest BCUT2D eigenvalue weighted by Gasteiger charge is -2.14. The average Bonchev–Trinajstić information content (AvgIpc) is 3.23. The van der Waals surface area contributed by atoms with Crippen LogP contribution in [0.5, 0.6) is 0 Å². The molecule has 0 saturated heterocycles. The first kappa shape index (κ1) is 19.6. The second-order valence-corrected chi connectivity index (χ2v) is 7.48. The summed E-state index contributed by atoms with van der Waals surface area (Å²) in [7, 11) is 0. The van der Waals surface area contributed by atoms with Crippen LogP contribution in [0.4, 0.5) is 4.39 Å². The van der Waals surface area contributed by atoms with Gasteiger partial charge in [0.15, 0.2) is 5.65 Å². The minimum Gasteiger partial charge on any atom is -0.346 e. The van der Waals surface area contributed by atoms with E-state index in [0.717, 1.165) is 5.56 Å². The summed E-state index contributed by atoms with van der Waals surface area (Å²) in [6.07, 6.45) is 0. The van der Waals surface area contributed by atoms with E-state index in [-0.39, 0.29) is 17.6 Å². The molecule has 5 aromatic rings. The molecule has 0 aliphatic carbocycles. The minimum absolute atomic E-state index is 0.189. The predicted molar refractivity (Wildman–Crippen MR) is 119 cm³/mol. The Labute approximate surface area is 181 Å². The first-order chi connectivity index (χ1) is 15.5. The molecule has 0 saturated carbocycles. The molecule has 7 nitrogen and oxygen atoms in total. The fourth-order valence-electron chi connectivity index (χ4n) is 3.70. The largest absolute Gasteiger partial charge is 0.346 e. The highest BCUT2D eigenvalue weighted by molar-refractivity contribution is 5.98. The fraction of sp³-hybridized carbons (Fsp3) is 0.0833. The zero-order valence-corrected chi connectivity index (χ0v) is 17.0. The average molecular weight is 427 g/mol. The Bertz CT molecular complexity index is 1520. The minimum atomic E-state index is -0.455. The summed E-state index contributed by atoms with van der Waals surface area (Å²) in [5.74, 6) is -0.690. The first-order valence-electron chi connectivity index (χ1n) is 10.0. The number of aromatic nitrogens is 4. The lowest BCUT2D eigenvalue weighted by molar-refractivity contribution is 0.0940. The van der Waals surface area contributed by atoms with Crippen molar-refractivity contribution in [3.63, 3.8) is 0 Å². The maximum absolute atomic E-state index is 13.7. The van der Waals surface area contributed by atoms with Gasteiger partial charge in [0, 0.05) is 11.1 Å². The molecule has 1 atom stereocenters. The summed E-state index contributed by atoms with van der Waals surface area (Å²) in [4.78, 5) is 29.6. The van der Waals surface area contributed by atoms with Crippen molar-refractivity contribution in [1.82, 2.24) is 25.1 Å². The van der Waals surface area contributed by atoms with Crippen molar-refractivity contribution in [1.29, 1.82) is 0 Å². The van der Waals surface area contributed by atoms with Crippen LogP contribution in [-0.2, 0) is 0 Å². The second kappa shape index (κ2) is 7.73. The second-order valence-electron chi connectivity index (χ2n) is 7.48. The Morgan fingerprint density at radius 2 is 1.88 bits per heavy atom. The Hall–Kier alpha value is -4.33. The summed E-state index contributed by atoms with van der Waals surface area (Å²) in [6.45, 7) is 1.90. The van der Waals surface area contributed by atoms with Gasteiger partial charge < -0.3 is 5.32 Å². The van der Waals surface area contributed by atoms with Crippen LogP contribution in [0, 0.1) is 5.82 Å². The van der Waals surface area contributed by atoms with Gasteiger partial charge in [-0.2, -0.15) is 10.1 Å². The molecule has 0 aliphatic heterocycles. The standard InChI is InChI=1S/C24H18FN5O2/c1-14(15-6-3-2-4-7-15)26-23(31)17-10-11-19-20(13-17)30-22(27-24(19)32)21(28-29-30)16-8-5-9-18(25)12-16/h2-14,29H,1H3,(H,26,31). The number of nitrogens with zero attached hydrogens (tertiary/aromatic N) is 3. The number of hydrogen-bond acceptors (Lipinski definition) is 4. The van der Waals surface area contributed by atoms with Gasteiger partial charge in [-0.3, -0.25) is 9.59 Å². The molecule has 0 fully saturated rings. The molecule has 0 bridgehead atoms. The Morgan fingerprint density at radius 1 is 1.06 bits per heavy atom. The maximum atomic E-state index is 13.7. The molecular weight excluding hydrogens is 409 g/mol. The maximum Gasteiger partial charge on any atom is 0.281 e. The van der Waals surface area contributed by atoms with Crippen LogP contribution in [0.25, 0.3) is 27.8 Å². The van der Waals surface area contributed by atoms with Crippen molar-refractivity contribution >= 4 is 22.5 Å². The number of hydrogen-bond donors (Lipinski definition) is 2. The van der Waals surface area contributed by atoms with E-state index < -0.39 is 11.4 Å². The number of nitrogens with one attached hydrogen (secondary N) is 2. The Kier molecular flexibility index (Phi) is 4.74. The van der Waals surface area contributed by atoms with E-state index in [1.54, 1.807) is 30.3 Å². The van der Waals surface area contributed by atoms with Crippen molar-refractivity contribution in [2.45, 2.75) is 13.0 Å². The summed E-state index contributed by atoms with van der Waals surface area (Å²) < 4.78 is 15.2. The molecule has 1 amide bonds. The summed E-state index contributed by atoms with van der Waals surface area (Å²) in [5, 5.41) is 10.4. The molecular formula is C24H18FN5O2. The number of carbonyl (C=O) groups excluding carboxylic acids is 1. The molecule has 32 heavy (non-hydrogen) atoms. The van der Waals surface area contributed by atoms with Crippen LogP contribution in [-0.4, -0.2) is 25.7 Å². The van der Waals surface area contributed by atoms with E-state index in [1.807, 2.05) is 37.3 Å². The SMILES string of the molecule is CC(NC(=O)c1ccc2c(=O)nc3c(-c4cccc(F)c4)n[nH]n3c2c1)c1ccccc1. The van der Waals surface area contributed by atoms with E-state index in [2.05, 4.69) is 20.6 Å². The smallest absolute Gasteiger partial charge is 0.281 e. The number of aromatic amines is 1. The molecule has 8 heteroatoms. The van der Waals surface area contributed by atoms with Crippen LogP contribution in [0.15, 0.2) is 77.6 Å². The van der Waals surface area contributed by atoms with E-state index in [0.29, 0.717) is 27.7 Å². The van der Waals surface area contributed by atoms with Gasteiger partial charge in [-0.25, -0.2) is 14.1 Å². The number of fused-ring (bicyclic) bond motifs is 3. The molecule has 2 N–H and O–H groups in total. The number of carbonyl (C=O) groups is 1. The van der Waals surface area contributed by atoms with Crippen molar-refractivity contribution in [3.8, 4) is 11.3 Å². The molecule has 0 spiro atoms. The van der Waals surface area contributed by atoms with Gasteiger partial charge in [-0.15, -0.1) is 0 Å². The third-order valence-electron chi connectivity index (χ3n) is 5.37. The van der Waals surface area contributed by atoms with Crippen molar-refractivity contribution in [2.24, 2.45) is 0 Å². The number of H-pyrrole nitrogens is 1. The van der Waals surface area contributed by atoms with Crippen LogP contribution < -0.4 is 10.9 Å². The van der Waals surface area contributed by atoms with Crippen LogP contribution >= 0.6 is 0 Å². The van der Waals surface area contributed by atoms with E-state index in [1.165, 1.54) is 16.6 Å². The van der Waals surface area contributed by atoms with Crippen LogP contribution in [0.2, 0.25) is 0 Å². The highest BCUT2D eigenvalue weighted by Crippen LogP contribution is 2.23. The molecule has 0 aliphatic rings. The highest BCUT2D eigenvalue weighted by Gasteiger charge is 2.17. The zero-order chi connectivity index (χ0) is 22.2. The monoisotopic (exact) mass is 427 g/mol. The quantitative estimate of drug-likeness (QED) is 0.456. The Balaban J connectivity index is 1.57. The molecule has 3 aromatic carbocycles. The lowest BCUT2D eigenvalue weighted by atomic mass is 10.1. The molecule has 1 unspecified atom stereocenters. The summed E-state index contributed by atoms with van der Waals surface area (Å²) >= 11 is 0. The van der Waals surface area contributed by atoms with Crippen molar-refractivity contribution < 1.29 is 9.18 Å². The number of amides is 1. The van der Waals surface area contributed by atoms with Gasteiger partial charge in [-0.1, -0.05) is 42.5 Å². The summed E-state index contributed by atoms with van der Waals surface area (Å²) in [6, 6.07) is 20.1. The van der Waals surface area contributed by atoms with Gasteiger partial charge >= 0.3 is 0 Å². The van der Waals surface area contributed by atoms with Crippen LogP contribution in [0.3, 0.4) is 0 Å². The van der Waals surface area contributed by atoms with Gasteiger partial charge in [-0.05, 0) is 42.8 Å². The van der Waals surface area contributed by atoms with E-state index in [9.17, 15) is 14.0 Å². The highest BCUT2D eigenvalue weighted by atomic mass is 19.1. The van der Waals surface area contributed by atoms with E-state index >= 15 is 0 Å². The zero-order valence-electron chi connectivity index (χ0n) is 17.0. The number of halogens is 1. The third kappa shape index (κ3) is 3.41. The van der Waals surface area contributed by atoms with Gasteiger partial charge in [0.1, 0.15) is 11.5 Å². The van der Waals surface area contributed by atoms with Gasteiger partial charge in [0.2, 0.25) is 0 Å². The topological polar surface area (TPSA) is 92.2 Å². The number of benzene rings is 3. The van der Waals surface area contributed by atoms with Gasteiger partial charge in [0.25, 0.3) is 11.5 Å². The normalized spacial score (nSPS) is 12.2. The fourth-order valence-corrected chi connectivity index (χ4v) is 3.70. The molecule has 2 aromatic heterocycles. The van der Waals surface area contributed by atoms with Crippen molar-refractivity contribution in [2.75, 3.05) is 0 Å².